The van der Waals surface area contributed by atoms with Gasteiger partial charge in [0.05, 0.1) is 13.2 Å². The van der Waals surface area contributed by atoms with Gasteiger partial charge in [-0.2, -0.15) is 0 Å². The molecule has 0 aromatic rings. The number of methoxy groups -OCH3 is 1. The highest BCUT2D eigenvalue weighted by Gasteiger charge is 2.36. The molecule has 1 aliphatic rings. The molecule has 0 spiro atoms. The molecule has 2 N–H and O–H groups in total. The number of aliphatic hydroxyl groups is 1. The number of amides is 2. The molecule has 0 aromatic carbocycles. The van der Waals surface area contributed by atoms with Crippen molar-refractivity contribution in [3.8, 4) is 0 Å². The largest absolute Gasteiger partial charge is 0.480 e. The molecule has 0 aromatic heterocycles. The van der Waals surface area contributed by atoms with Gasteiger partial charge in [0, 0.05) is 26.7 Å². The first-order chi connectivity index (χ1) is 9.51. The number of hydrogen-bond donors (Lipinski definition) is 2. The Bertz CT molecular complexity index is 337. The molecule has 1 saturated heterocycles. The zero-order valence-electron chi connectivity index (χ0n) is 12.1. The number of urea groups is 1. The number of carbonyl (C=O) groups excluding carboxylic acids is 1. The van der Waals surface area contributed by atoms with Gasteiger partial charge in [-0.25, -0.2) is 9.59 Å². The molecule has 7 heteroatoms. The van der Waals surface area contributed by atoms with Crippen LogP contribution in [-0.2, 0) is 9.53 Å². The predicted octanol–water partition coefficient (Wildman–Crippen LogP) is 0.232. The number of carbonyl (C=O) groups is 2. The highest BCUT2D eigenvalue weighted by atomic mass is 16.5. The monoisotopic (exact) mass is 288 g/mol. The molecule has 1 rings (SSSR count). The van der Waals surface area contributed by atoms with Crippen LogP contribution in [0.2, 0.25) is 0 Å². The lowest BCUT2D eigenvalue weighted by molar-refractivity contribution is -0.144. The Morgan fingerprint density at radius 2 is 2.10 bits per heavy atom. The van der Waals surface area contributed by atoms with E-state index in [1.54, 1.807) is 0 Å². The van der Waals surface area contributed by atoms with Crippen LogP contribution in [0.1, 0.15) is 19.8 Å². The van der Waals surface area contributed by atoms with Gasteiger partial charge in [0.1, 0.15) is 6.04 Å². The minimum atomic E-state index is -0.972. The highest BCUT2D eigenvalue weighted by molar-refractivity contribution is 5.83. The molecular weight excluding hydrogens is 264 g/mol. The number of carboxylic acids is 1. The van der Waals surface area contributed by atoms with E-state index in [2.05, 4.69) is 0 Å². The Kier molecular flexibility index (Phi) is 6.74. The van der Waals surface area contributed by atoms with E-state index in [-0.39, 0.29) is 19.2 Å². The van der Waals surface area contributed by atoms with Gasteiger partial charge in [-0.1, -0.05) is 6.92 Å². The maximum atomic E-state index is 12.4. The Morgan fingerprint density at radius 1 is 1.40 bits per heavy atom. The first-order valence-electron chi connectivity index (χ1n) is 6.89. The lowest BCUT2D eigenvalue weighted by Gasteiger charge is -2.38. The third-order valence-corrected chi connectivity index (χ3v) is 3.60. The van der Waals surface area contributed by atoms with Crippen LogP contribution in [0.15, 0.2) is 0 Å². The van der Waals surface area contributed by atoms with Crippen LogP contribution < -0.4 is 0 Å². The van der Waals surface area contributed by atoms with Crippen LogP contribution in [0.25, 0.3) is 0 Å². The fourth-order valence-electron chi connectivity index (χ4n) is 2.41. The number of nitrogens with zero attached hydrogens (tertiary/aromatic N) is 2. The number of hydrogen-bond acceptors (Lipinski definition) is 4. The normalized spacial score (nSPS) is 22.6. The van der Waals surface area contributed by atoms with Gasteiger partial charge in [0.25, 0.3) is 0 Å². The topological polar surface area (TPSA) is 90.3 Å². The molecule has 2 amide bonds. The molecule has 20 heavy (non-hydrogen) atoms. The first-order valence-corrected chi connectivity index (χ1v) is 6.89. The van der Waals surface area contributed by atoms with Gasteiger partial charge in [0.15, 0.2) is 0 Å². The van der Waals surface area contributed by atoms with Crippen molar-refractivity contribution in [2.75, 3.05) is 40.0 Å². The quantitative estimate of drug-likeness (QED) is 0.730. The van der Waals surface area contributed by atoms with E-state index < -0.39 is 12.0 Å². The van der Waals surface area contributed by atoms with E-state index in [1.165, 1.54) is 16.9 Å². The van der Waals surface area contributed by atoms with Crippen molar-refractivity contribution in [2.45, 2.75) is 25.8 Å². The summed E-state index contributed by atoms with van der Waals surface area (Å²) in [5.41, 5.74) is 0. The van der Waals surface area contributed by atoms with Gasteiger partial charge in [-0.3, -0.25) is 0 Å². The molecule has 0 saturated carbocycles. The fourth-order valence-corrected chi connectivity index (χ4v) is 2.41. The second-order valence-electron chi connectivity index (χ2n) is 5.16. The van der Waals surface area contributed by atoms with Gasteiger partial charge in [-0.05, 0) is 18.8 Å². The van der Waals surface area contributed by atoms with E-state index in [0.717, 1.165) is 6.42 Å². The van der Waals surface area contributed by atoms with E-state index in [1.807, 2.05) is 6.92 Å². The van der Waals surface area contributed by atoms with Crippen LogP contribution in [0, 0.1) is 5.92 Å². The molecule has 0 aliphatic carbocycles. The molecule has 1 aliphatic heterocycles. The molecule has 2 unspecified atom stereocenters. The summed E-state index contributed by atoms with van der Waals surface area (Å²) < 4.78 is 4.94. The average molecular weight is 288 g/mol. The first kappa shape index (κ1) is 16.7. The summed E-state index contributed by atoms with van der Waals surface area (Å²) in [6.45, 7) is 3.15. The van der Waals surface area contributed by atoms with Crippen molar-refractivity contribution in [2.24, 2.45) is 5.92 Å². The van der Waals surface area contributed by atoms with Crippen molar-refractivity contribution in [3.05, 3.63) is 0 Å². The van der Waals surface area contributed by atoms with Crippen LogP contribution >= 0.6 is 0 Å². The van der Waals surface area contributed by atoms with Crippen molar-refractivity contribution < 1.29 is 24.5 Å². The van der Waals surface area contributed by atoms with Crippen LogP contribution in [0.4, 0.5) is 4.79 Å². The van der Waals surface area contributed by atoms with Crippen molar-refractivity contribution >= 4 is 12.0 Å². The Balaban J connectivity index is 2.76. The molecule has 2 atom stereocenters. The maximum absolute atomic E-state index is 12.4. The number of likely N-dealkylation sites (tertiary alicyclic amines) is 1. The summed E-state index contributed by atoms with van der Waals surface area (Å²) in [6, 6.07) is -1.12. The van der Waals surface area contributed by atoms with Crippen LogP contribution in [0.5, 0.6) is 0 Å². The minimum absolute atomic E-state index is 0.155. The van der Waals surface area contributed by atoms with E-state index in [4.69, 9.17) is 9.84 Å². The summed E-state index contributed by atoms with van der Waals surface area (Å²) >= 11 is 0. The van der Waals surface area contributed by atoms with E-state index >= 15 is 0 Å². The second kappa shape index (κ2) is 8.06. The van der Waals surface area contributed by atoms with Gasteiger partial charge < -0.3 is 24.7 Å². The summed E-state index contributed by atoms with van der Waals surface area (Å²) in [5, 5.41) is 18.3. The third-order valence-electron chi connectivity index (χ3n) is 3.60. The molecule has 116 valence electrons. The Labute approximate surface area is 119 Å². The molecule has 1 heterocycles. The number of carboxylic acid groups (broad SMARTS) is 1. The van der Waals surface area contributed by atoms with Crippen molar-refractivity contribution in [1.82, 2.24) is 9.80 Å². The lowest BCUT2D eigenvalue weighted by atomic mass is 9.92. The number of ether oxygens (including phenoxy) is 1. The zero-order chi connectivity index (χ0) is 15.1. The standard InChI is InChI=1S/C13H24N2O5/c1-10-3-4-15(11(9-10)12(17)18)13(19)14(5-7-16)6-8-20-2/h10-11,16H,3-9H2,1-2H3,(H,17,18). The Hall–Kier alpha value is -1.34. The fraction of sp³-hybridized carbons (Fsp3) is 0.846. The van der Waals surface area contributed by atoms with E-state index in [9.17, 15) is 14.7 Å². The predicted molar refractivity (Wildman–Crippen MR) is 72.5 cm³/mol. The second-order valence-corrected chi connectivity index (χ2v) is 5.16. The molecule has 1 fully saturated rings. The highest BCUT2D eigenvalue weighted by Crippen LogP contribution is 2.23. The van der Waals surface area contributed by atoms with Gasteiger partial charge >= 0.3 is 12.0 Å². The summed E-state index contributed by atoms with van der Waals surface area (Å²) in [7, 11) is 1.53. The smallest absolute Gasteiger partial charge is 0.326 e. The van der Waals surface area contributed by atoms with E-state index in [0.29, 0.717) is 32.0 Å². The van der Waals surface area contributed by atoms with Crippen molar-refractivity contribution in [1.29, 1.82) is 0 Å². The van der Waals surface area contributed by atoms with Crippen LogP contribution in [-0.4, -0.2) is 78.0 Å². The molecule has 0 bridgehead atoms. The van der Waals surface area contributed by atoms with Gasteiger partial charge in [0.2, 0.25) is 0 Å². The molecular formula is C13H24N2O5. The molecule has 0 radical (unpaired) electrons. The van der Waals surface area contributed by atoms with Gasteiger partial charge in [-0.15, -0.1) is 0 Å². The average Bonchev–Trinajstić information content (AvgIpc) is 2.42. The minimum Gasteiger partial charge on any atom is -0.480 e. The number of aliphatic carboxylic acids is 1. The zero-order valence-corrected chi connectivity index (χ0v) is 12.1. The maximum Gasteiger partial charge on any atom is 0.326 e. The van der Waals surface area contributed by atoms with Crippen molar-refractivity contribution in [3.63, 3.8) is 0 Å². The van der Waals surface area contributed by atoms with Crippen LogP contribution in [0.3, 0.4) is 0 Å². The number of rotatable bonds is 6. The summed E-state index contributed by atoms with van der Waals surface area (Å²) in [5.74, 6) is -0.675. The number of piperidine rings is 1. The Morgan fingerprint density at radius 3 is 2.65 bits per heavy atom. The third kappa shape index (κ3) is 4.35. The number of aliphatic hydroxyl groups excluding tert-OH is 1. The summed E-state index contributed by atoms with van der Waals surface area (Å²) in [6.07, 6.45) is 1.27. The molecule has 7 nitrogen and oxygen atoms in total. The lowest BCUT2D eigenvalue weighted by Crippen LogP contribution is -2.55. The summed E-state index contributed by atoms with van der Waals surface area (Å²) in [4.78, 5) is 26.6. The SMILES string of the molecule is COCCN(CCO)C(=O)N1CCC(C)CC1C(=O)O.